The largest absolute Gasteiger partial charge is 0.376 e. The highest BCUT2D eigenvalue weighted by molar-refractivity contribution is 5.64. The Bertz CT molecular complexity index is 774. The fraction of sp³-hybridized carbons (Fsp3) is 0.448. The van der Waals surface area contributed by atoms with Crippen LogP contribution in [0.3, 0.4) is 0 Å². The monoisotopic (exact) mass is 402 g/mol. The van der Waals surface area contributed by atoms with Crippen LogP contribution in [0.5, 0.6) is 0 Å². The molecule has 0 N–H and O–H groups in total. The number of rotatable bonds is 10. The van der Waals surface area contributed by atoms with Crippen molar-refractivity contribution in [2.45, 2.75) is 71.3 Å². The summed E-state index contributed by atoms with van der Waals surface area (Å²) < 4.78 is 5.73. The fourth-order valence-electron chi connectivity index (χ4n) is 4.44. The van der Waals surface area contributed by atoms with Gasteiger partial charge in [0.2, 0.25) is 0 Å². The highest BCUT2D eigenvalue weighted by atomic mass is 16.5. The highest BCUT2D eigenvalue weighted by Crippen LogP contribution is 2.37. The van der Waals surface area contributed by atoms with Crippen LogP contribution in [0.25, 0.3) is 11.1 Å². The van der Waals surface area contributed by atoms with Crippen molar-refractivity contribution in [2.24, 2.45) is 5.92 Å². The van der Waals surface area contributed by atoms with Gasteiger partial charge in [-0.15, -0.1) is 0 Å². The quantitative estimate of drug-likeness (QED) is 0.286. The zero-order chi connectivity index (χ0) is 21.0. The molecule has 0 heterocycles. The predicted octanol–water partition coefficient (Wildman–Crippen LogP) is 8.47. The Morgan fingerprint density at radius 1 is 0.833 bits per heavy atom. The van der Waals surface area contributed by atoms with Gasteiger partial charge in [-0.2, -0.15) is 0 Å². The number of hydrogen-bond donors (Lipinski definition) is 0. The highest BCUT2D eigenvalue weighted by Gasteiger charge is 2.21. The molecule has 0 saturated heterocycles. The summed E-state index contributed by atoms with van der Waals surface area (Å²) in [5.41, 5.74) is 5.34. The zero-order valence-electron chi connectivity index (χ0n) is 18.9. The molecule has 0 bridgehead atoms. The molecule has 0 aromatic heterocycles. The molecule has 1 nitrogen and oxygen atoms in total. The lowest BCUT2D eigenvalue weighted by Crippen LogP contribution is -2.12. The lowest BCUT2D eigenvalue weighted by atomic mass is 9.77. The molecule has 1 aliphatic carbocycles. The third-order valence-electron chi connectivity index (χ3n) is 6.32. The molecular formula is C29H38O. The van der Waals surface area contributed by atoms with E-state index in [1.54, 1.807) is 0 Å². The second-order valence-electron chi connectivity index (χ2n) is 8.56. The van der Waals surface area contributed by atoms with Crippen molar-refractivity contribution in [2.75, 3.05) is 6.61 Å². The molecular weight excluding hydrogens is 364 g/mol. The molecule has 1 aliphatic rings. The second-order valence-corrected chi connectivity index (χ2v) is 8.56. The van der Waals surface area contributed by atoms with Crippen LogP contribution < -0.4 is 0 Å². The molecule has 1 fully saturated rings. The Hall–Kier alpha value is -2.12. The van der Waals surface area contributed by atoms with Gasteiger partial charge in [0.25, 0.3) is 0 Å². The summed E-state index contributed by atoms with van der Waals surface area (Å²) in [6.45, 7) is 5.73. The molecule has 1 heteroatoms. The summed E-state index contributed by atoms with van der Waals surface area (Å²) in [5.74, 6) is 1.64. The van der Waals surface area contributed by atoms with Gasteiger partial charge in [0.05, 0.1) is 13.2 Å². The summed E-state index contributed by atoms with van der Waals surface area (Å²) in [6.07, 6.45) is 17.8. The fourth-order valence-corrected chi connectivity index (χ4v) is 4.44. The van der Waals surface area contributed by atoms with E-state index in [1.807, 2.05) is 6.92 Å². The van der Waals surface area contributed by atoms with E-state index >= 15 is 0 Å². The molecule has 0 aliphatic heterocycles. The Morgan fingerprint density at radius 2 is 1.50 bits per heavy atom. The van der Waals surface area contributed by atoms with Gasteiger partial charge in [-0.25, -0.2) is 0 Å². The van der Waals surface area contributed by atoms with E-state index in [0.29, 0.717) is 6.61 Å². The molecule has 30 heavy (non-hydrogen) atoms. The van der Waals surface area contributed by atoms with E-state index in [2.05, 4.69) is 79.8 Å². The first-order valence-corrected chi connectivity index (χ1v) is 11.8. The first kappa shape index (κ1) is 22.6. The van der Waals surface area contributed by atoms with Crippen molar-refractivity contribution < 1.29 is 4.74 Å². The van der Waals surface area contributed by atoms with Crippen LogP contribution in [0.2, 0.25) is 0 Å². The molecule has 2 aromatic rings. The summed E-state index contributed by atoms with van der Waals surface area (Å²) >= 11 is 0. The summed E-state index contributed by atoms with van der Waals surface area (Å²) in [7, 11) is 0. The smallest absolute Gasteiger partial charge is 0.0717 e. The van der Waals surface area contributed by atoms with Gasteiger partial charge in [0.15, 0.2) is 0 Å². The molecule has 160 valence electrons. The van der Waals surface area contributed by atoms with E-state index < -0.39 is 0 Å². The lowest BCUT2D eigenvalue weighted by Gasteiger charge is -2.28. The lowest BCUT2D eigenvalue weighted by molar-refractivity contribution is 0.125. The molecule has 1 saturated carbocycles. The molecule has 0 radical (unpaired) electrons. The van der Waals surface area contributed by atoms with Gasteiger partial charge in [-0.1, -0.05) is 79.8 Å². The summed E-state index contributed by atoms with van der Waals surface area (Å²) in [6, 6.07) is 18.1. The number of ether oxygens (including phenoxy) is 1. The molecule has 0 atom stereocenters. The minimum absolute atomic E-state index is 0.688. The summed E-state index contributed by atoms with van der Waals surface area (Å²) in [5, 5.41) is 0. The average Bonchev–Trinajstić information content (AvgIpc) is 2.80. The molecule has 2 aromatic carbocycles. The average molecular weight is 403 g/mol. The van der Waals surface area contributed by atoms with Crippen LogP contribution in [0, 0.1) is 5.92 Å². The van der Waals surface area contributed by atoms with Gasteiger partial charge in [-0.05, 0) is 86.0 Å². The van der Waals surface area contributed by atoms with Crippen LogP contribution in [0.1, 0.15) is 75.8 Å². The van der Waals surface area contributed by atoms with Gasteiger partial charge < -0.3 is 4.74 Å². The SMILES string of the molecule is CC=CCCOCc1ccc(-c2ccc(C3CCC(CC=CCC)CC3)cc2)cc1. The van der Waals surface area contributed by atoms with Gasteiger partial charge >= 0.3 is 0 Å². The van der Waals surface area contributed by atoms with E-state index in [-0.39, 0.29) is 0 Å². The standard InChI is InChI=1S/C29H38O/c1-3-5-7-9-24-10-14-26(15-11-24)28-18-20-29(21-19-28)27-16-12-25(13-17-27)23-30-22-8-6-4-2/h4-7,12-13,16-21,24,26H,3,8-11,14-15,22-23H2,1-2H3. The molecule has 0 amide bonds. The van der Waals surface area contributed by atoms with E-state index in [1.165, 1.54) is 54.4 Å². The Morgan fingerprint density at radius 3 is 2.13 bits per heavy atom. The maximum absolute atomic E-state index is 5.73. The second kappa shape index (κ2) is 12.5. The third-order valence-corrected chi connectivity index (χ3v) is 6.32. The predicted molar refractivity (Wildman–Crippen MR) is 130 cm³/mol. The van der Waals surface area contributed by atoms with Crippen LogP contribution >= 0.6 is 0 Å². The normalized spacial score (nSPS) is 19.7. The Kier molecular flexibility index (Phi) is 9.44. The van der Waals surface area contributed by atoms with Crippen molar-refractivity contribution in [3.05, 3.63) is 84.0 Å². The number of allylic oxidation sites excluding steroid dienone is 3. The number of benzene rings is 2. The van der Waals surface area contributed by atoms with Crippen molar-refractivity contribution in [1.29, 1.82) is 0 Å². The molecule has 0 spiro atoms. The van der Waals surface area contributed by atoms with Crippen LogP contribution in [-0.4, -0.2) is 6.61 Å². The first-order valence-electron chi connectivity index (χ1n) is 11.8. The zero-order valence-corrected chi connectivity index (χ0v) is 18.9. The topological polar surface area (TPSA) is 9.23 Å². The van der Waals surface area contributed by atoms with Gasteiger partial charge in [-0.3, -0.25) is 0 Å². The molecule has 3 rings (SSSR count). The molecule has 0 unspecified atom stereocenters. The summed E-state index contributed by atoms with van der Waals surface area (Å²) in [4.78, 5) is 0. The van der Waals surface area contributed by atoms with Crippen molar-refractivity contribution in [1.82, 2.24) is 0 Å². The van der Waals surface area contributed by atoms with Crippen molar-refractivity contribution >= 4 is 0 Å². The third kappa shape index (κ3) is 6.99. The first-order chi connectivity index (χ1) is 14.8. The Balaban J connectivity index is 1.49. The maximum Gasteiger partial charge on any atom is 0.0717 e. The van der Waals surface area contributed by atoms with Crippen molar-refractivity contribution in [3.63, 3.8) is 0 Å². The minimum atomic E-state index is 0.688. The number of hydrogen-bond acceptors (Lipinski definition) is 1. The van der Waals surface area contributed by atoms with E-state index in [9.17, 15) is 0 Å². The van der Waals surface area contributed by atoms with Gasteiger partial charge in [0, 0.05) is 0 Å². The van der Waals surface area contributed by atoms with Crippen LogP contribution in [-0.2, 0) is 11.3 Å². The maximum atomic E-state index is 5.73. The van der Waals surface area contributed by atoms with Crippen LogP contribution in [0.4, 0.5) is 0 Å². The van der Waals surface area contributed by atoms with E-state index in [4.69, 9.17) is 4.74 Å². The van der Waals surface area contributed by atoms with Crippen LogP contribution in [0.15, 0.2) is 72.8 Å². The Labute approximate surface area is 183 Å². The van der Waals surface area contributed by atoms with Gasteiger partial charge in [0.1, 0.15) is 0 Å². The van der Waals surface area contributed by atoms with E-state index in [0.717, 1.165) is 31.3 Å². The minimum Gasteiger partial charge on any atom is -0.376 e. The van der Waals surface area contributed by atoms with Crippen molar-refractivity contribution in [3.8, 4) is 11.1 Å².